The molecule has 150 valence electrons. The van der Waals surface area contributed by atoms with Gasteiger partial charge in [-0.05, 0) is 48.9 Å². The highest BCUT2D eigenvalue weighted by molar-refractivity contribution is 5.83. The van der Waals surface area contributed by atoms with Crippen LogP contribution in [0.25, 0.3) is 22.4 Å². The lowest BCUT2D eigenvalue weighted by molar-refractivity contribution is -0.140. The molecule has 29 heavy (non-hydrogen) atoms. The number of rotatable bonds is 4. The molecule has 1 N–H and O–H groups in total. The van der Waals surface area contributed by atoms with Crippen molar-refractivity contribution < 1.29 is 13.9 Å². The van der Waals surface area contributed by atoms with Crippen molar-refractivity contribution in [2.45, 2.75) is 32.2 Å². The smallest absolute Gasteiger partial charge is 0.171 e. The van der Waals surface area contributed by atoms with Gasteiger partial charge in [0.25, 0.3) is 0 Å². The van der Waals surface area contributed by atoms with E-state index in [1.807, 2.05) is 19.2 Å². The summed E-state index contributed by atoms with van der Waals surface area (Å²) >= 11 is 0. The van der Waals surface area contributed by atoms with Crippen molar-refractivity contribution in [2.75, 3.05) is 19.8 Å². The number of nitrogens with one attached hydrogen (secondary N) is 1. The van der Waals surface area contributed by atoms with Gasteiger partial charge in [0.05, 0.1) is 25.5 Å². The molecule has 1 saturated heterocycles. The molecule has 0 amide bonds. The summed E-state index contributed by atoms with van der Waals surface area (Å²) in [6.07, 6.45) is 2.40. The van der Waals surface area contributed by atoms with Gasteiger partial charge < -0.3 is 14.8 Å². The van der Waals surface area contributed by atoms with Crippen LogP contribution >= 0.6 is 0 Å². The van der Waals surface area contributed by atoms with Crippen molar-refractivity contribution in [2.24, 2.45) is 0 Å². The zero-order chi connectivity index (χ0) is 19.8. The summed E-state index contributed by atoms with van der Waals surface area (Å²) in [6.45, 7) is 5.59. The van der Waals surface area contributed by atoms with E-state index < -0.39 is 5.79 Å². The number of benzene rings is 1. The molecule has 2 aromatic heterocycles. The fourth-order valence-corrected chi connectivity index (χ4v) is 4.08. The molecule has 0 aliphatic carbocycles. The fourth-order valence-electron chi connectivity index (χ4n) is 4.08. The number of ether oxygens (including phenoxy) is 2. The average Bonchev–Trinajstić information content (AvgIpc) is 3.32. The van der Waals surface area contributed by atoms with Crippen LogP contribution in [0.4, 0.5) is 4.39 Å². The van der Waals surface area contributed by atoms with Crippen LogP contribution in [0.5, 0.6) is 0 Å². The summed E-state index contributed by atoms with van der Waals surface area (Å²) in [5, 5.41) is 8.29. The molecule has 0 unspecified atom stereocenters. The van der Waals surface area contributed by atoms with Gasteiger partial charge in [-0.15, -0.1) is 0 Å². The van der Waals surface area contributed by atoms with E-state index in [2.05, 4.69) is 21.0 Å². The molecule has 4 heterocycles. The number of pyridine rings is 1. The molecular weight excluding hydrogens is 371 g/mol. The Hall–Kier alpha value is -2.61. The number of hydrogen-bond acceptors (Lipinski definition) is 5. The summed E-state index contributed by atoms with van der Waals surface area (Å²) < 4.78 is 27.0. The zero-order valence-electron chi connectivity index (χ0n) is 16.3. The highest BCUT2D eigenvalue weighted by Crippen LogP contribution is 2.36. The van der Waals surface area contributed by atoms with Gasteiger partial charge in [-0.1, -0.05) is 0 Å². The quantitative estimate of drug-likeness (QED) is 0.737. The van der Waals surface area contributed by atoms with E-state index in [4.69, 9.17) is 14.6 Å². The van der Waals surface area contributed by atoms with Crippen LogP contribution in [0.2, 0.25) is 0 Å². The van der Waals surface area contributed by atoms with E-state index in [-0.39, 0.29) is 5.82 Å². The Morgan fingerprint density at radius 2 is 1.93 bits per heavy atom. The number of nitrogens with zero attached hydrogens (tertiary/aromatic N) is 3. The number of hydrogen-bond donors (Lipinski definition) is 1. The van der Waals surface area contributed by atoms with E-state index in [1.165, 1.54) is 12.1 Å². The van der Waals surface area contributed by atoms with Gasteiger partial charge in [0, 0.05) is 42.5 Å². The second-order valence-electron chi connectivity index (χ2n) is 7.62. The minimum atomic E-state index is -0.634. The van der Waals surface area contributed by atoms with Crippen LogP contribution in [-0.4, -0.2) is 40.3 Å². The molecule has 5 rings (SSSR count). The van der Waals surface area contributed by atoms with Gasteiger partial charge >= 0.3 is 0 Å². The van der Waals surface area contributed by atoms with E-state index in [9.17, 15) is 4.39 Å². The molecule has 0 bridgehead atoms. The molecule has 0 saturated carbocycles. The predicted molar refractivity (Wildman–Crippen MR) is 107 cm³/mol. The van der Waals surface area contributed by atoms with Crippen molar-refractivity contribution in [1.29, 1.82) is 0 Å². The van der Waals surface area contributed by atoms with Crippen molar-refractivity contribution in [3.05, 3.63) is 59.8 Å². The average molecular weight is 394 g/mol. The van der Waals surface area contributed by atoms with E-state index >= 15 is 0 Å². The highest BCUT2D eigenvalue weighted by Gasteiger charge is 2.32. The molecule has 0 atom stereocenters. The van der Waals surface area contributed by atoms with E-state index in [0.29, 0.717) is 19.6 Å². The number of halogens is 1. The SMILES string of the molecule is CC1(Cc2cc(-c3c(-c4ccc(F)cc4)nn4c3CNCC4)ccn2)OCCO1. The Labute approximate surface area is 168 Å². The lowest BCUT2D eigenvalue weighted by Gasteiger charge is -2.22. The fraction of sp³-hybridized carbons (Fsp3) is 0.364. The van der Waals surface area contributed by atoms with Crippen molar-refractivity contribution in [3.8, 4) is 22.4 Å². The first-order valence-corrected chi connectivity index (χ1v) is 9.91. The van der Waals surface area contributed by atoms with Crippen molar-refractivity contribution in [3.63, 3.8) is 0 Å². The highest BCUT2D eigenvalue weighted by atomic mass is 19.1. The van der Waals surface area contributed by atoms with Crippen molar-refractivity contribution >= 4 is 0 Å². The van der Waals surface area contributed by atoms with Crippen molar-refractivity contribution in [1.82, 2.24) is 20.1 Å². The van der Waals surface area contributed by atoms with E-state index in [0.717, 1.165) is 53.4 Å². The minimum absolute atomic E-state index is 0.253. The predicted octanol–water partition coefficient (Wildman–Crippen LogP) is 3.16. The van der Waals surface area contributed by atoms with Crippen LogP contribution in [0.3, 0.4) is 0 Å². The summed E-state index contributed by atoms with van der Waals surface area (Å²) in [6, 6.07) is 10.6. The zero-order valence-corrected chi connectivity index (χ0v) is 16.3. The Morgan fingerprint density at radius 1 is 1.14 bits per heavy atom. The van der Waals surface area contributed by atoms with Gasteiger partial charge in [0.2, 0.25) is 0 Å². The van der Waals surface area contributed by atoms with Crippen LogP contribution in [0, 0.1) is 5.82 Å². The molecule has 1 fully saturated rings. The first-order valence-electron chi connectivity index (χ1n) is 9.91. The molecule has 2 aliphatic heterocycles. The van der Waals surface area contributed by atoms with Gasteiger partial charge in [-0.3, -0.25) is 9.67 Å². The van der Waals surface area contributed by atoms with Crippen LogP contribution in [-0.2, 0) is 29.0 Å². The largest absolute Gasteiger partial charge is 0.347 e. The van der Waals surface area contributed by atoms with Gasteiger partial charge in [-0.2, -0.15) is 5.10 Å². The van der Waals surface area contributed by atoms with E-state index in [1.54, 1.807) is 12.1 Å². The molecule has 7 heteroatoms. The Kier molecular flexibility index (Phi) is 4.66. The molecule has 3 aromatic rings. The second-order valence-corrected chi connectivity index (χ2v) is 7.62. The standard InChI is InChI=1S/C22H23FN4O2/c1-22(28-10-11-29-22)13-18-12-16(6-7-25-18)20-19-14-24-8-9-27(19)26-21(20)15-2-4-17(23)5-3-15/h2-7,12,24H,8-11,13-14H2,1H3. The summed E-state index contributed by atoms with van der Waals surface area (Å²) in [4.78, 5) is 4.53. The second kappa shape index (κ2) is 7.33. The maximum absolute atomic E-state index is 13.5. The third kappa shape index (κ3) is 3.57. The third-order valence-electron chi connectivity index (χ3n) is 5.47. The lowest BCUT2D eigenvalue weighted by atomic mass is 9.97. The van der Waals surface area contributed by atoms with Gasteiger partial charge in [0.1, 0.15) is 11.5 Å². The Morgan fingerprint density at radius 3 is 2.72 bits per heavy atom. The summed E-state index contributed by atoms with van der Waals surface area (Å²) in [5.41, 5.74) is 5.90. The molecule has 2 aliphatic rings. The maximum atomic E-state index is 13.5. The topological polar surface area (TPSA) is 61.2 Å². The van der Waals surface area contributed by atoms with Crippen LogP contribution < -0.4 is 5.32 Å². The van der Waals surface area contributed by atoms with Gasteiger partial charge in [0.15, 0.2) is 5.79 Å². The summed E-state index contributed by atoms with van der Waals surface area (Å²) in [5.74, 6) is -0.886. The maximum Gasteiger partial charge on any atom is 0.171 e. The molecule has 0 radical (unpaired) electrons. The molecular formula is C22H23FN4O2. The number of aromatic nitrogens is 3. The monoisotopic (exact) mass is 394 g/mol. The molecule has 1 aromatic carbocycles. The Balaban J connectivity index is 1.59. The third-order valence-corrected chi connectivity index (χ3v) is 5.47. The lowest BCUT2D eigenvalue weighted by Crippen LogP contribution is -2.29. The number of fused-ring (bicyclic) bond motifs is 1. The van der Waals surface area contributed by atoms with Crippen LogP contribution in [0.1, 0.15) is 18.3 Å². The molecule has 0 spiro atoms. The molecule has 6 nitrogen and oxygen atoms in total. The first kappa shape index (κ1) is 18.4. The Bertz CT molecular complexity index is 1030. The first-order chi connectivity index (χ1) is 14.1. The summed E-state index contributed by atoms with van der Waals surface area (Å²) in [7, 11) is 0. The minimum Gasteiger partial charge on any atom is -0.347 e. The van der Waals surface area contributed by atoms with Crippen LogP contribution in [0.15, 0.2) is 42.6 Å². The van der Waals surface area contributed by atoms with Gasteiger partial charge in [-0.25, -0.2) is 4.39 Å². The normalized spacial score (nSPS) is 18.0.